The van der Waals surface area contributed by atoms with Crippen molar-refractivity contribution in [3.8, 4) is 0 Å². The second-order valence-corrected chi connectivity index (χ2v) is 7.57. The molecule has 1 aromatic carbocycles. The van der Waals surface area contributed by atoms with Crippen molar-refractivity contribution in [1.29, 1.82) is 0 Å². The lowest BCUT2D eigenvalue weighted by Crippen LogP contribution is -2.23. The van der Waals surface area contributed by atoms with Crippen LogP contribution in [0, 0.1) is 19.7 Å². The zero-order valence-corrected chi connectivity index (χ0v) is 14.8. The molecule has 0 aliphatic carbocycles. The fourth-order valence-corrected chi connectivity index (χ4v) is 4.09. The Morgan fingerprint density at radius 1 is 1.22 bits per heavy atom. The second-order valence-electron chi connectivity index (χ2n) is 5.55. The van der Waals surface area contributed by atoms with Gasteiger partial charge < -0.3 is 5.32 Å². The van der Waals surface area contributed by atoms with Gasteiger partial charge in [0.1, 0.15) is 10.8 Å². The van der Waals surface area contributed by atoms with E-state index in [0.717, 1.165) is 17.1 Å². The van der Waals surface area contributed by atoms with Crippen LogP contribution in [0.25, 0.3) is 0 Å². The third kappa shape index (κ3) is 4.05. The molecule has 0 bridgehead atoms. The number of halogens is 1. The average molecular weight is 346 g/mol. The molecule has 0 unspecified atom stereocenters. The maximum absolute atomic E-state index is 13.8. The van der Waals surface area contributed by atoms with Crippen molar-refractivity contribution in [2.75, 3.05) is 0 Å². The Morgan fingerprint density at radius 3 is 2.70 bits per heavy atom. The molecule has 0 saturated carbocycles. The van der Waals surface area contributed by atoms with E-state index in [1.54, 1.807) is 28.7 Å². The fraction of sp³-hybridized carbons (Fsp3) is 0.278. The van der Waals surface area contributed by atoms with Crippen LogP contribution in [0.2, 0.25) is 0 Å². The minimum absolute atomic E-state index is 0.0987. The Kier molecular flexibility index (Phi) is 5.20. The lowest BCUT2D eigenvalue weighted by molar-refractivity contribution is 0.511. The number of nitrogens with one attached hydrogen (secondary N) is 1. The van der Waals surface area contributed by atoms with Gasteiger partial charge in [-0.3, -0.25) is 0 Å². The molecule has 3 rings (SSSR count). The number of benzene rings is 1. The van der Waals surface area contributed by atoms with Crippen molar-refractivity contribution in [3.05, 3.63) is 73.6 Å². The Morgan fingerprint density at radius 2 is 2.04 bits per heavy atom. The molecule has 0 aliphatic heterocycles. The molecule has 1 N–H and O–H groups in total. The third-order valence-corrected chi connectivity index (χ3v) is 5.78. The highest BCUT2D eigenvalue weighted by molar-refractivity contribution is 7.11. The molecule has 1 atom stereocenters. The van der Waals surface area contributed by atoms with Crippen LogP contribution in [0.4, 0.5) is 4.39 Å². The number of rotatable bonds is 6. The molecule has 0 amide bonds. The molecule has 0 fully saturated rings. The van der Waals surface area contributed by atoms with Crippen LogP contribution in [0.3, 0.4) is 0 Å². The van der Waals surface area contributed by atoms with Gasteiger partial charge in [-0.25, -0.2) is 9.37 Å². The molecule has 0 radical (unpaired) electrons. The van der Waals surface area contributed by atoms with E-state index in [-0.39, 0.29) is 11.9 Å². The molecular formula is C18H19FN2S2. The minimum atomic E-state index is -0.166. The molecule has 3 aromatic rings. The zero-order valence-electron chi connectivity index (χ0n) is 13.2. The number of aromatic nitrogens is 1. The van der Waals surface area contributed by atoms with Gasteiger partial charge in [-0.15, -0.1) is 11.3 Å². The van der Waals surface area contributed by atoms with Crippen molar-refractivity contribution in [1.82, 2.24) is 10.3 Å². The van der Waals surface area contributed by atoms with E-state index in [2.05, 4.69) is 29.1 Å². The van der Waals surface area contributed by atoms with Crippen LogP contribution >= 0.6 is 22.7 Å². The maximum Gasteiger partial charge on any atom is 0.127 e. The average Bonchev–Trinajstić information content (AvgIpc) is 3.15. The number of thiophene rings is 1. The Labute approximate surface area is 144 Å². The van der Waals surface area contributed by atoms with Crippen LogP contribution in [-0.4, -0.2) is 4.98 Å². The van der Waals surface area contributed by atoms with E-state index in [0.29, 0.717) is 12.1 Å². The van der Waals surface area contributed by atoms with Crippen LogP contribution in [0.5, 0.6) is 0 Å². The number of thiazole rings is 1. The van der Waals surface area contributed by atoms with Gasteiger partial charge in [-0.1, -0.05) is 18.2 Å². The van der Waals surface area contributed by atoms with E-state index in [4.69, 9.17) is 4.98 Å². The van der Waals surface area contributed by atoms with Gasteiger partial charge in [-0.2, -0.15) is 11.3 Å². The van der Waals surface area contributed by atoms with Crippen molar-refractivity contribution in [3.63, 3.8) is 0 Å². The molecule has 5 heteroatoms. The fourth-order valence-electron chi connectivity index (χ4n) is 2.41. The third-order valence-electron chi connectivity index (χ3n) is 3.86. The summed E-state index contributed by atoms with van der Waals surface area (Å²) in [4.78, 5) is 5.93. The summed E-state index contributed by atoms with van der Waals surface area (Å²) in [6, 6.07) is 9.14. The van der Waals surface area contributed by atoms with Crippen molar-refractivity contribution in [2.45, 2.75) is 32.9 Å². The first kappa shape index (κ1) is 16.3. The molecule has 0 aliphatic rings. The largest absolute Gasteiger partial charge is 0.303 e. The summed E-state index contributed by atoms with van der Waals surface area (Å²) in [6.45, 7) is 4.63. The van der Waals surface area contributed by atoms with Crippen molar-refractivity contribution >= 4 is 22.7 Å². The lowest BCUT2D eigenvalue weighted by atomic mass is 10.1. The van der Waals surface area contributed by atoms with E-state index in [1.807, 2.05) is 19.1 Å². The Balaban J connectivity index is 1.78. The van der Waals surface area contributed by atoms with Gasteiger partial charge in [0.15, 0.2) is 0 Å². The first-order valence-electron chi connectivity index (χ1n) is 7.55. The van der Waals surface area contributed by atoms with Gasteiger partial charge in [0.05, 0.1) is 11.7 Å². The van der Waals surface area contributed by atoms with Crippen LogP contribution in [0.1, 0.15) is 32.7 Å². The molecular weight excluding hydrogens is 327 g/mol. The standard InChI is InChI=1S/C18H19FN2S2/c1-12-13(2)23-18(21-12)17(9-14-7-8-22-11-14)20-10-15-5-3-4-6-16(15)19/h3-8,11,17,20H,9-10H2,1-2H3/t17-/m0/s1. The van der Waals surface area contributed by atoms with E-state index >= 15 is 0 Å². The summed E-state index contributed by atoms with van der Waals surface area (Å²) in [6.07, 6.45) is 0.865. The quantitative estimate of drug-likeness (QED) is 0.677. The summed E-state index contributed by atoms with van der Waals surface area (Å²) in [7, 11) is 0. The van der Waals surface area contributed by atoms with Crippen LogP contribution in [0.15, 0.2) is 41.1 Å². The smallest absolute Gasteiger partial charge is 0.127 e. The summed E-state index contributed by atoms with van der Waals surface area (Å²) in [5.74, 6) is -0.166. The van der Waals surface area contributed by atoms with Gasteiger partial charge in [-0.05, 0) is 48.7 Å². The predicted octanol–water partition coefficient (Wildman–Crippen LogP) is 5.03. The monoisotopic (exact) mass is 346 g/mol. The Hall–Kier alpha value is -1.56. The lowest BCUT2D eigenvalue weighted by Gasteiger charge is -2.16. The summed E-state index contributed by atoms with van der Waals surface area (Å²) >= 11 is 3.42. The number of nitrogens with zero attached hydrogens (tertiary/aromatic N) is 1. The normalized spacial score (nSPS) is 12.5. The molecule has 23 heavy (non-hydrogen) atoms. The van der Waals surface area contributed by atoms with Gasteiger partial charge >= 0.3 is 0 Å². The van der Waals surface area contributed by atoms with Gasteiger partial charge in [0, 0.05) is 17.0 Å². The second kappa shape index (κ2) is 7.34. The highest BCUT2D eigenvalue weighted by Gasteiger charge is 2.18. The van der Waals surface area contributed by atoms with Gasteiger partial charge in [0.2, 0.25) is 0 Å². The molecule has 2 aromatic heterocycles. The number of hydrogen-bond acceptors (Lipinski definition) is 4. The molecule has 120 valence electrons. The van der Waals surface area contributed by atoms with E-state index in [9.17, 15) is 4.39 Å². The zero-order chi connectivity index (χ0) is 16.2. The maximum atomic E-state index is 13.8. The van der Waals surface area contributed by atoms with Gasteiger partial charge in [0.25, 0.3) is 0 Å². The van der Waals surface area contributed by atoms with E-state index < -0.39 is 0 Å². The predicted molar refractivity (Wildman–Crippen MR) is 95.6 cm³/mol. The number of aryl methyl sites for hydroxylation is 2. The van der Waals surface area contributed by atoms with Crippen molar-refractivity contribution in [2.24, 2.45) is 0 Å². The topological polar surface area (TPSA) is 24.9 Å². The first-order chi connectivity index (χ1) is 11.1. The highest BCUT2D eigenvalue weighted by atomic mass is 32.1. The summed E-state index contributed by atoms with van der Waals surface area (Å²) < 4.78 is 13.8. The van der Waals surface area contributed by atoms with Crippen molar-refractivity contribution < 1.29 is 4.39 Å². The highest BCUT2D eigenvalue weighted by Crippen LogP contribution is 2.26. The molecule has 0 spiro atoms. The van der Waals surface area contributed by atoms with E-state index in [1.165, 1.54) is 16.5 Å². The van der Waals surface area contributed by atoms with Crippen LogP contribution in [-0.2, 0) is 13.0 Å². The number of hydrogen-bond donors (Lipinski definition) is 1. The molecule has 2 nitrogen and oxygen atoms in total. The minimum Gasteiger partial charge on any atom is -0.303 e. The molecule has 0 saturated heterocycles. The SMILES string of the molecule is Cc1nc([C@H](Cc2ccsc2)NCc2ccccc2F)sc1C. The molecule has 2 heterocycles. The summed E-state index contributed by atoms with van der Waals surface area (Å²) in [5, 5.41) is 8.80. The Bertz CT molecular complexity index is 746. The van der Waals surface area contributed by atoms with Crippen LogP contribution < -0.4 is 5.32 Å². The first-order valence-corrected chi connectivity index (χ1v) is 9.31. The summed E-state index contributed by atoms with van der Waals surface area (Å²) in [5.41, 5.74) is 3.05.